The third-order valence-corrected chi connectivity index (χ3v) is 7.26. The molecule has 9 heteroatoms. The Balaban J connectivity index is 1.63. The first-order valence-electron chi connectivity index (χ1n) is 10.4. The predicted octanol–water partition coefficient (Wildman–Crippen LogP) is 4.27. The fourth-order valence-electron chi connectivity index (χ4n) is 3.64. The van der Waals surface area contributed by atoms with Gasteiger partial charge in [0, 0.05) is 0 Å². The van der Waals surface area contributed by atoms with Gasteiger partial charge in [-0.3, -0.25) is 0 Å². The number of benzene rings is 3. The maximum atomic E-state index is 13.6. The summed E-state index contributed by atoms with van der Waals surface area (Å²) in [4.78, 5) is 13.0. The van der Waals surface area contributed by atoms with Gasteiger partial charge in [-0.15, -0.1) is 0 Å². The lowest BCUT2D eigenvalue weighted by Crippen LogP contribution is -2.14. The summed E-state index contributed by atoms with van der Waals surface area (Å²) in [6.45, 7) is 3.50. The van der Waals surface area contributed by atoms with Crippen molar-refractivity contribution in [2.75, 3.05) is 6.79 Å². The third kappa shape index (κ3) is 3.80. The highest BCUT2D eigenvalue weighted by atomic mass is 32.2. The van der Waals surface area contributed by atoms with Crippen molar-refractivity contribution in [3.63, 3.8) is 0 Å². The van der Waals surface area contributed by atoms with Crippen molar-refractivity contribution in [3.05, 3.63) is 89.6 Å². The van der Waals surface area contributed by atoms with Gasteiger partial charge < -0.3 is 14.2 Å². The number of carbonyl (C=O) groups excluding carboxylic acids is 1. The predicted molar refractivity (Wildman–Crippen MR) is 122 cm³/mol. The first-order valence-corrected chi connectivity index (χ1v) is 11.9. The van der Waals surface area contributed by atoms with E-state index in [0.29, 0.717) is 17.2 Å². The molecule has 5 rings (SSSR count). The number of carbonyl (C=O) groups is 1. The monoisotopic (exact) mass is 476 g/mol. The second-order valence-corrected chi connectivity index (χ2v) is 9.63. The van der Waals surface area contributed by atoms with E-state index in [-0.39, 0.29) is 33.7 Å². The van der Waals surface area contributed by atoms with E-state index < -0.39 is 15.8 Å². The van der Waals surface area contributed by atoms with Gasteiger partial charge in [-0.1, -0.05) is 35.9 Å². The minimum absolute atomic E-state index is 0.0623. The number of hydrogen-bond donors (Lipinski definition) is 0. The van der Waals surface area contributed by atoms with Gasteiger partial charge in [0.2, 0.25) is 22.5 Å². The van der Waals surface area contributed by atoms with Gasteiger partial charge in [-0.2, -0.15) is 9.78 Å². The van der Waals surface area contributed by atoms with E-state index in [1.807, 2.05) is 13.0 Å². The maximum absolute atomic E-state index is 13.6. The molecular formula is C25H20N2O6S. The van der Waals surface area contributed by atoms with Crippen LogP contribution in [0.3, 0.4) is 0 Å². The molecule has 0 amide bonds. The number of para-hydroxylation sites is 1. The van der Waals surface area contributed by atoms with Crippen LogP contribution in [0.1, 0.15) is 21.6 Å². The molecule has 0 saturated heterocycles. The molecule has 1 aliphatic rings. The first kappa shape index (κ1) is 21.7. The van der Waals surface area contributed by atoms with Crippen LogP contribution in [0.25, 0.3) is 5.69 Å². The molecule has 0 spiro atoms. The molecular weight excluding hydrogens is 456 g/mol. The number of hydrogen-bond acceptors (Lipinski definition) is 7. The van der Waals surface area contributed by atoms with Crippen LogP contribution < -0.4 is 14.2 Å². The van der Waals surface area contributed by atoms with Crippen molar-refractivity contribution in [1.82, 2.24) is 9.78 Å². The molecule has 4 aromatic rings. The van der Waals surface area contributed by atoms with E-state index in [0.717, 1.165) is 5.56 Å². The second-order valence-electron chi connectivity index (χ2n) is 7.74. The van der Waals surface area contributed by atoms with Gasteiger partial charge >= 0.3 is 5.97 Å². The summed E-state index contributed by atoms with van der Waals surface area (Å²) in [5.41, 5.74) is 1.86. The lowest BCUT2D eigenvalue weighted by atomic mass is 10.2. The number of aromatic nitrogens is 2. The van der Waals surface area contributed by atoms with E-state index >= 15 is 0 Å². The van der Waals surface area contributed by atoms with Crippen LogP contribution in [0.4, 0.5) is 0 Å². The van der Waals surface area contributed by atoms with Gasteiger partial charge in [-0.05, 0) is 56.3 Å². The summed E-state index contributed by atoms with van der Waals surface area (Å²) in [6, 6.07) is 20.0. The highest BCUT2D eigenvalue weighted by molar-refractivity contribution is 7.91. The molecule has 34 heavy (non-hydrogen) atoms. The molecule has 0 fully saturated rings. The fourth-order valence-corrected chi connectivity index (χ4v) is 5.16. The molecule has 1 aliphatic heterocycles. The van der Waals surface area contributed by atoms with Crippen molar-refractivity contribution in [1.29, 1.82) is 0 Å². The van der Waals surface area contributed by atoms with Crippen molar-refractivity contribution in [2.45, 2.75) is 23.6 Å². The smallest absolute Gasteiger partial charge is 0.345 e. The SMILES string of the molecule is Cc1ccc(S(=O)(=O)c2c(C)nn(-c3ccccc3)c2OC(=O)c2ccc3c(c2)OCO3)cc1. The summed E-state index contributed by atoms with van der Waals surface area (Å²) < 4.78 is 44.9. The third-order valence-electron chi connectivity index (χ3n) is 5.36. The standard InChI is InChI=1S/C25H20N2O6S/c1-16-8-11-20(12-9-16)34(29,30)23-17(2)26-27(19-6-4-3-5-7-19)24(23)33-25(28)18-10-13-21-22(14-18)32-15-31-21/h3-14H,15H2,1-2H3. The molecule has 0 unspecified atom stereocenters. The zero-order valence-electron chi connectivity index (χ0n) is 18.4. The van der Waals surface area contributed by atoms with E-state index in [1.54, 1.807) is 49.4 Å². The average molecular weight is 477 g/mol. The Morgan fingerprint density at radius 2 is 1.65 bits per heavy atom. The fraction of sp³-hybridized carbons (Fsp3) is 0.120. The summed E-state index contributed by atoms with van der Waals surface area (Å²) >= 11 is 0. The zero-order chi connectivity index (χ0) is 23.9. The normalized spacial score (nSPS) is 12.5. The molecule has 0 N–H and O–H groups in total. The number of nitrogens with zero attached hydrogens (tertiary/aromatic N) is 2. The summed E-state index contributed by atoms with van der Waals surface area (Å²) in [6.07, 6.45) is 0. The summed E-state index contributed by atoms with van der Waals surface area (Å²) in [5, 5.41) is 4.41. The maximum Gasteiger partial charge on any atom is 0.345 e. The minimum atomic E-state index is -4.05. The lowest BCUT2D eigenvalue weighted by molar-refractivity contribution is 0.0717. The summed E-state index contributed by atoms with van der Waals surface area (Å²) in [5.74, 6) is -0.0123. The van der Waals surface area contributed by atoms with Crippen LogP contribution in [0.2, 0.25) is 0 Å². The molecule has 1 aromatic heterocycles. The second kappa shape index (κ2) is 8.35. The van der Waals surface area contributed by atoms with Crippen LogP contribution in [0.5, 0.6) is 17.4 Å². The molecule has 0 saturated carbocycles. The van der Waals surface area contributed by atoms with Gasteiger partial charge in [0.25, 0.3) is 0 Å². The van der Waals surface area contributed by atoms with Crippen LogP contribution in [-0.2, 0) is 9.84 Å². The Morgan fingerprint density at radius 1 is 0.941 bits per heavy atom. The van der Waals surface area contributed by atoms with Crippen molar-refractivity contribution >= 4 is 15.8 Å². The number of aryl methyl sites for hydroxylation is 2. The Hall–Kier alpha value is -4.11. The van der Waals surface area contributed by atoms with Gasteiger partial charge in [0.15, 0.2) is 16.4 Å². The molecule has 0 aliphatic carbocycles. The topological polar surface area (TPSA) is 96.7 Å². The Bertz CT molecular complexity index is 1490. The Morgan fingerprint density at radius 3 is 2.38 bits per heavy atom. The highest BCUT2D eigenvalue weighted by Crippen LogP contribution is 2.36. The number of sulfone groups is 1. The molecule has 172 valence electrons. The van der Waals surface area contributed by atoms with Crippen LogP contribution >= 0.6 is 0 Å². The largest absolute Gasteiger partial charge is 0.454 e. The molecule has 2 heterocycles. The van der Waals surface area contributed by atoms with E-state index in [1.165, 1.54) is 28.9 Å². The van der Waals surface area contributed by atoms with Gasteiger partial charge in [0.1, 0.15) is 0 Å². The Labute approximate surface area is 196 Å². The van der Waals surface area contributed by atoms with Crippen LogP contribution in [-0.4, -0.2) is 31.0 Å². The van der Waals surface area contributed by atoms with E-state index in [9.17, 15) is 13.2 Å². The van der Waals surface area contributed by atoms with Gasteiger partial charge in [-0.25, -0.2) is 13.2 Å². The lowest BCUT2D eigenvalue weighted by Gasteiger charge is -2.11. The first-order chi connectivity index (χ1) is 16.3. The van der Waals surface area contributed by atoms with Gasteiger partial charge in [0.05, 0.1) is 21.8 Å². The van der Waals surface area contributed by atoms with E-state index in [2.05, 4.69) is 5.10 Å². The molecule has 8 nitrogen and oxygen atoms in total. The Kier molecular flexibility index (Phi) is 5.33. The minimum Gasteiger partial charge on any atom is -0.454 e. The molecule has 0 bridgehead atoms. The van der Waals surface area contributed by atoms with Crippen molar-refractivity contribution in [3.8, 4) is 23.1 Å². The summed E-state index contributed by atoms with van der Waals surface area (Å²) in [7, 11) is -4.05. The van der Waals surface area contributed by atoms with Crippen molar-refractivity contribution < 1.29 is 27.4 Å². The number of ether oxygens (including phenoxy) is 3. The van der Waals surface area contributed by atoms with E-state index in [4.69, 9.17) is 14.2 Å². The molecule has 0 atom stereocenters. The molecule has 3 aromatic carbocycles. The highest BCUT2D eigenvalue weighted by Gasteiger charge is 2.32. The quantitative estimate of drug-likeness (QED) is 0.397. The van der Waals surface area contributed by atoms with Crippen LogP contribution in [0.15, 0.2) is 82.6 Å². The number of fused-ring (bicyclic) bond motifs is 1. The van der Waals surface area contributed by atoms with Crippen LogP contribution in [0, 0.1) is 13.8 Å². The number of rotatable bonds is 5. The molecule has 0 radical (unpaired) electrons. The van der Waals surface area contributed by atoms with Crippen molar-refractivity contribution in [2.24, 2.45) is 0 Å². The zero-order valence-corrected chi connectivity index (χ0v) is 19.2. The average Bonchev–Trinajstić information content (AvgIpc) is 3.43. The number of esters is 1.